The summed E-state index contributed by atoms with van der Waals surface area (Å²) in [6, 6.07) is 6.91. The number of carboxylic acids is 1. The lowest BCUT2D eigenvalue weighted by Gasteiger charge is -2.26. The van der Waals surface area contributed by atoms with Crippen LogP contribution in [-0.2, 0) is 0 Å². The van der Waals surface area contributed by atoms with Crippen molar-refractivity contribution in [2.24, 2.45) is 0 Å². The van der Waals surface area contributed by atoms with Crippen LogP contribution < -0.4 is 4.74 Å². The minimum absolute atomic E-state index is 0.106. The normalized spacial score (nSPS) is 14.8. The number of carbonyl (C=O) groups is 1. The van der Waals surface area contributed by atoms with E-state index in [1.807, 2.05) is 18.2 Å². The van der Waals surface area contributed by atoms with Crippen LogP contribution in [0.3, 0.4) is 0 Å². The molecule has 2 aromatic rings. The van der Waals surface area contributed by atoms with Crippen LogP contribution in [0, 0.1) is 0 Å². The summed E-state index contributed by atoms with van der Waals surface area (Å²) in [5.41, 5.74) is 0.642. The lowest BCUT2D eigenvalue weighted by atomic mass is 9.96. The molecule has 1 fully saturated rings. The molecule has 0 spiro atoms. The molecule has 0 amide bonds. The van der Waals surface area contributed by atoms with Gasteiger partial charge in [-0.15, -0.1) is 0 Å². The Morgan fingerprint density at radius 2 is 2.20 bits per heavy atom. The van der Waals surface area contributed by atoms with Crippen LogP contribution in [0.25, 0.3) is 11.3 Å². The molecule has 0 atom stereocenters. The summed E-state index contributed by atoms with van der Waals surface area (Å²) in [4.78, 5) is 10.8. The molecule has 1 N–H and O–H groups in total. The molecule has 1 aromatic carbocycles. The first-order valence-electron chi connectivity index (χ1n) is 6.30. The number of halogens is 1. The van der Waals surface area contributed by atoms with Gasteiger partial charge in [0.2, 0.25) is 0 Å². The molecule has 1 heterocycles. The third kappa shape index (κ3) is 2.56. The van der Waals surface area contributed by atoms with Crippen molar-refractivity contribution in [1.29, 1.82) is 0 Å². The third-order valence-corrected chi connectivity index (χ3v) is 3.91. The zero-order valence-corrected chi connectivity index (χ0v) is 12.1. The number of hydrogen-bond acceptors (Lipinski definition) is 4. The Labute approximate surface area is 123 Å². The summed E-state index contributed by atoms with van der Waals surface area (Å²) < 4.78 is 11.7. The number of nitrogens with zero attached hydrogens (tertiary/aromatic N) is 1. The molecule has 6 heteroatoms. The Bertz CT molecular complexity index is 648. The molecular weight excluding hydrogens is 326 g/mol. The molecular formula is C14H12BrNO4. The smallest absolute Gasteiger partial charge is 0.358 e. The highest BCUT2D eigenvalue weighted by molar-refractivity contribution is 9.10. The monoisotopic (exact) mass is 337 g/mol. The molecule has 0 radical (unpaired) electrons. The average molecular weight is 338 g/mol. The maximum atomic E-state index is 10.8. The van der Waals surface area contributed by atoms with E-state index >= 15 is 0 Å². The molecule has 1 aliphatic carbocycles. The average Bonchev–Trinajstić information content (AvgIpc) is 2.84. The first-order chi connectivity index (χ1) is 9.63. The van der Waals surface area contributed by atoms with Gasteiger partial charge in [-0.3, -0.25) is 0 Å². The summed E-state index contributed by atoms with van der Waals surface area (Å²) in [5, 5.41) is 12.3. The van der Waals surface area contributed by atoms with Gasteiger partial charge in [-0.1, -0.05) is 5.16 Å². The van der Waals surface area contributed by atoms with Gasteiger partial charge in [0, 0.05) is 11.6 Å². The highest BCUT2D eigenvalue weighted by Crippen LogP contribution is 2.34. The summed E-state index contributed by atoms with van der Waals surface area (Å²) in [5.74, 6) is 0.0960. The van der Waals surface area contributed by atoms with Crippen molar-refractivity contribution >= 4 is 21.9 Å². The second-order valence-electron chi connectivity index (χ2n) is 4.70. The molecule has 1 aliphatic rings. The van der Waals surface area contributed by atoms with Crippen molar-refractivity contribution < 1.29 is 19.2 Å². The molecule has 0 aliphatic heterocycles. The zero-order valence-electron chi connectivity index (χ0n) is 10.5. The molecule has 0 saturated heterocycles. The van der Waals surface area contributed by atoms with Crippen LogP contribution in [0.15, 0.2) is 33.3 Å². The van der Waals surface area contributed by atoms with E-state index in [0.717, 1.165) is 28.6 Å². The Balaban J connectivity index is 1.83. The molecule has 20 heavy (non-hydrogen) atoms. The van der Waals surface area contributed by atoms with Gasteiger partial charge >= 0.3 is 5.97 Å². The second-order valence-corrected chi connectivity index (χ2v) is 5.55. The van der Waals surface area contributed by atoms with Crippen molar-refractivity contribution in [1.82, 2.24) is 5.16 Å². The fraction of sp³-hybridized carbons (Fsp3) is 0.286. The van der Waals surface area contributed by atoms with E-state index in [0.29, 0.717) is 11.9 Å². The van der Waals surface area contributed by atoms with Crippen LogP contribution >= 0.6 is 15.9 Å². The highest BCUT2D eigenvalue weighted by Gasteiger charge is 2.20. The quantitative estimate of drug-likeness (QED) is 0.920. The van der Waals surface area contributed by atoms with E-state index < -0.39 is 5.97 Å². The number of carboxylic acid groups (broad SMARTS) is 1. The molecule has 0 unspecified atom stereocenters. The number of aromatic carboxylic acids is 1. The van der Waals surface area contributed by atoms with Gasteiger partial charge in [-0.05, 0) is 53.4 Å². The summed E-state index contributed by atoms with van der Waals surface area (Å²) in [7, 11) is 0. The number of hydrogen-bond donors (Lipinski definition) is 1. The predicted octanol–water partition coefficient (Wildman–Crippen LogP) is 3.73. The number of rotatable bonds is 4. The topological polar surface area (TPSA) is 72.6 Å². The Kier molecular flexibility index (Phi) is 3.48. The Morgan fingerprint density at radius 1 is 1.40 bits per heavy atom. The molecule has 104 valence electrons. The number of aromatic nitrogens is 1. The summed E-state index contributed by atoms with van der Waals surface area (Å²) in [6.07, 6.45) is 3.72. The predicted molar refractivity (Wildman–Crippen MR) is 74.9 cm³/mol. The van der Waals surface area contributed by atoms with Crippen LogP contribution in [0.4, 0.5) is 0 Å². The Morgan fingerprint density at radius 3 is 2.75 bits per heavy atom. The summed E-state index contributed by atoms with van der Waals surface area (Å²) >= 11 is 3.46. The largest absolute Gasteiger partial charge is 0.489 e. The van der Waals surface area contributed by atoms with Crippen molar-refractivity contribution in [2.45, 2.75) is 25.4 Å². The van der Waals surface area contributed by atoms with E-state index in [-0.39, 0.29) is 5.69 Å². The minimum Gasteiger partial charge on any atom is -0.489 e. The molecule has 1 aromatic heterocycles. The van der Waals surface area contributed by atoms with Crippen LogP contribution in [0.2, 0.25) is 0 Å². The Hall–Kier alpha value is -1.82. The van der Waals surface area contributed by atoms with Gasteiger partial charge in [0.25, 0.3) is 0 Å². The van der Waals surface area contributed by atoms with Gasteiger partial charge in [0.05, 0.1) is 10.6 Å². The van der Waals surface area contributed by atoms with Gasteiger partial charge in [-0.25, -0.2) is 4.79 Å². The number of benzene rings is 1. The molecule has 0 bridgehead atoms. The van der Waals surface area contributed by atoms with Crippen molar-refractivity contribution in [3.05, 3.63) is 34.4 Å². The maximum Gasteiger partial charge on any atom is 0.358 e. The minimum atomic E-state index is -1.11. The standard InChI is InChI=1S/C14H12BrNO4/c15-10-6-8(13-7-11(14(17)18)16-20-13)4-5-12(10)19-9-2-1-3-9/h4-7,9H,1-3H2,(H,17,18). The van der Waals surface area contributed by atoms with Crippen LogP contribution in [0.1, 0.15) is 29.8 Å². The van der Waals surface area contributed by atoms with E-state index in [9.17, 15) is 4.79 Å². The van der Waals surface area contributed by atoms with Crippen LogP contribution in [-0.4, -0.2) is 22.3 Å². The summed E-state index contributed by atoms with van der Waals surface area (Å²) in [6.45, 7) is 0. The van der Waals surface area contributed by atoms with Crippen molar-refractivity contribution in [3.8, 4) is 17.1 Å². The maximum absolute atomic E-state index is 10.8. The molecule has 5 nitrogen and oxygen atoms in total. The van der Waals surface area contributed by atoms with Gasteiger partial charge in [0.1, 0.15) is 5.75 Å². The first-order valence-corrected chi connectivity index (χ1v) is 7.09. The molecule has 1 saturated carbocycles. The van der Waals surface area contributed by atoms with Gasteiger partial charge < -0.3 is 14.4 Å². The zero-order chi connectivity index (χ0) is 14.1. The lowest BCUT2D eigenvalue weighted by Crippen LogP contribution is -2.24. The van der Waals surface area contributed by atoms with E-state index in [1.165, 1.54) is 12.5 Å². The lowest BCUT2D eigenvalue weighted by molar-refractivity contribution is 0.0686. The third-order valence-electron chi connectivity index (χ3n) is 3.29. The van der Waals surface area contributed by atoms with Crippen molar-refractivity contribution in [2.75, 3.05) is 0 Å². The first kappa shape index (κ1) is 13.2. The van der Waals surface area contributed by atoms with Gasteiger partial charge in [-0.2, -0.15) is 0 Å². The SMILES string of the molecule is O=C(O)c1cc(-c2ccc(OC3CCC3)c(Br)c2)on1. The second kappa shape index (κ2) is 5.28. The fourth-order valence-electron chi connectivity index (χ4n) is 1.93. The highest BCUT2D eigenvalue weighted by atomic mass is 79.9. The van der Waals surface area contributed by atoms with E-state index in [2.05, 4.69) is 21.1 Å². The van der Waals surface area contributed by atoms with E-state index in [1.54, 1.807) is 0 Å². The number of ether oxygens (including phenoxy) is 1. The van der Waals surface area contributed by atoms with Gasteiger partial charge in [0.15, 0.2) is 11.5 Å². The van der Waals surface area contributed by atoms with Crippen molar-refractivity contribution in [3.63, 3.8) is 0 Å². The molecule has 3 rings (SSSR count). The fourth-order valence-corrected chi connectivity index (χ4v) is 2.40. The van der Waals surface area contributed by atoms with E-state index in [4.69, 9.17) is 14.4 Å². The van der Waals surface area contributed by atoms with Crippen LogP contribution in [0.5, 0.6) is 5.75 Å².